The molecule has 1 aromatic carbocycles. The standard InChI is InChI=1S/C18H24N4O2S/c1-4-21-9-11-22(12-10-21)17(23)14(3)25-18-20-19-16(24-18)15-8-6-5-7-13(15)2/h5-8,14H,4,9-12H2,1-3H3/t14-/m0/s1. The van der Waals surface area contributed by atoms with Crippen LogP contribution in [0.2, 0.25) is 0 Å². The number of hydrogen-bond donors (Lipinski definition) is 0. The summed E-state index contributed by atoms with van der Waals surface area (Å²) in [5.41, 5.74) is 2.01. The zero-order valence-electron chi connectivity index (χ0n) is 14.9. The maximum atomic E-state index is 12.6. The van der Waals surface area contributed by atoms with Gasteiger partial charge in [0.15, 0.2) is 0 Å². The summed E-state index contributed by atoms with van der Waals surface area (Å²) < 4.78 is 5.75. The number of aryl methyl sites for hydroxylation is 1. The first-order valence-corrected chi connectivity index (χ1v) is 9.53. The summed E-state index contributed by atoms with van der Waals surface area (Å²) in [7, 11) is 0. The molecule has 0 unspecified atom stereocenters. The summed E-state index contributed by atoms with van der Waals surface area (Å²) in [5.74, 6) is 0.633. The Kier molecular flexibility index (Phi) is 5.75. The fourth-order valence-electron chi connectivity index (χ4n) is 2.92. The topological polar surface area (TPSA) is 62.5 Å². The molecule has 134 valence electrons. The van der Waals surface area contributed by atoms with Crippen molar-refractivity contribution in [2.24, 2.45) is 0 Å². The van der Waals surface area contributed by atoms with E-state index >= 15 is 0 Å². The second kappa shape index (κ2) is 8.01. The minimum Gasteiger partial charge on any atom is -0.411 e. The van der Waals surface area contributed by atoms with Crippen molar-refractivity contribution in [1.29, 1.82) is 0 Å². The van der Waals surface area contributed by atoms with Crippen LogP contribution < -0.4 is 0 Å². The highest BCUT2D eigenvalue weighted by Crippen LogP contribution is 2.28. The highest BCUT2D eigenvalue weighted by molar-refractivity contribution is 8.00. The summed E-state index contributed by atoms with van der Waals surface area (Å²) >= 11 is 1.33. The predicted molar refractivity (Wildman–Crippen MR) is 98.5 cm³/mol. The van der Waals surface area contributed by atoms with Gasteiger partial charge in [-0.15, -0.1) is 10.2 Å². The van der Waals surface area contributed by atoms with Gasteiger partial charge in [-0.2, -0.15) is 0 Å². The molecule has 0 aliphatic carbocycles. The van der Waals surface area contributed by atoms with Crippen molar-refractivity contribution in [3.63, 3.8) is 0 Å². The summed E-state index contributed by atoms with van der Waals surface area (Å²) in [4.78, 5) is 16.9. The van der Waals surface area contributed by atoms with Crippen LogP contribution in [0.4, 0.5) is 0 Å². The molecule has 0 N–H and O–H groups in total. The van der Waals surface area contributed by atoms with Gasteiger partial charge in [-0.3, -0.25) is 4.79 Å². The molecule has 6 nitrogen and oxygen atoms in total. The number of carbonyl (C=O) groups excluding carboxylic acids is 1. The number of benzene rings is 1. The first kappa shape index (κ1) is 17.9. The van der Waals surface area contributed by atoms with E-state index in [0.717, 1.165) is 43.9 Å². The molecule has 2 heterocycles. The maximum Gasteiger partial charge on any atom is 0.277 e. The third-order valence-electron chi connectivity index (χ3n) is 4.54. The molecule has 0 radical (unpaired) electrons. The van der Waals surface area contributed by atoms with E-state index < -0.39 is 0 Å². The van der Waals surface area contributed by atoms with Gasteiger partial charge >= 0.3 is 0 Å². The molecule has 0 spiro atoms. The van der Waals surface area contributed by atoms with Crippen LogP contribution in [0.5, 0.6) is 0 Å². The monoisotopic (exact) mass is 360 g/mol. The summed E-state index contributed by atoms with van der Waals surface area (Å²) in [6.45, 7) is 10.6. The first-order valence-electron chi connectivity index (χ1n) is 8.65. The lowest BCUT2D eigenvalue weighted by molar-refractivity contribution is -0.132. The third kappa shape index (κ3) is 4.22. The van der Waals surface area contributed by atoms with Crippen LogP contribution in [-0.2, 0) is 4.79 Å². The zero-order chi connectivity index (χ0) is 17.8. The van der Waals surface area contributed by atoms with Gasteiger partial charge in [0.2, 0.25) is 11.8 Å². The minimum absolute atomic E-state index is 0.136. The fraction of sp³-hybridized carbons (Fsp3) is 0.500. The van der Waals surface area contributed by atoms with Crippen molar-refractivity contribution in [2.45, 2.75) is 31.2 Å². The summed E-state index contributed by atoms with van der Waals surface area (Å²) in [6.07, 6.45) is 0. The normalized spacial score (nSPS) is 16.8. The maximum absolute atomic E-state index is 12.6. The Morgan fingerprint density at radius 3 is 2.64 bits per heavy atom. The Hall–Kier alpha value is -1.86. The Balaban J connectivity index is 1.61. The molecule has 25 heavy (non-hydrogen) atoms. The van der Waals surface area contributed by atoms with Crippen molar-refractivity contribution < 1.29 is 9.21 Å². The van der Waals surface area contributed by atoms with E-state index in [4.69, 9.17) is 4.42 Å². The van der Waals surface area contributed by atoms with Gasteiger partial charge in [0, 0.05) is 31.7 Å². The number of amides is 1. The fourth-order valence-corrected chi connectivity index (χ4v) is 3.69. The number of thioether (sulfide) groups is 1. The number of likely N-dealkylation sites (N-methyl/N-ethyl adjacent to an activating group) is 1. The van der Waals surface area contributed by atoms with Gasteiger partial charge < -0.3 is 14.2 Å². The van der Waals surface area contributed by atoms with Crippen molar-refractivity contribution in [2.75, 3.05) is 32.7 Å². The SMILES string of the molecule is CCN1CCN(C(=O)[C@H](C)Sc2nnc(-c3ccccc3C)o2)CC1. The summed E-state index contributed by atoms with van der Waals surface area (Å²) in [6, 6.07) is 7.89. The van der Waals surface area contributed by atoms with Gasteiger partial charge in [-0.05, 0) is 32.0 Å². The lowest BCUT2D eigenvalue weighted by atomic mass is 10.1. The largest absolute Gasteiger partial charge is 0.411 e. The Bertz CT molecular complexity index is 725. The minimum atomic E-state index is -0.238. The number of hydrogen-bond acceptors (Lipinski definition) is 6. The number of rotatable bonds is 5. The molecule has 2 aromatic rings. The van der Waals surface area contributed by atoms with E-state index in [1.165, 1.54) is 11.8 Å². The molecule has 1 fully saturated rings. The van der Waals surface area contributed by atoms with Crippen LogP contribution in [0.1, 0.15) is 19.4 Å². The van der Waals surface area contributed by atoms with Gasteiger partial charge in [0.05, 0.1) is 5.25 Å². The van der Waals surface area contributed by atoms with Crippen LogP contribution in [0, 0.1) is 6.92 Å². The molecule has 1 aliphatic heterocycles. The van der Waals surface area contributed by atoms with Crippen LogP contribution in [-0.4, -0.2) is 63.9 Å². The predicted octanol–water partition coefficient (Wildman–Crippen LogP) is 2.69. The Labute approximate surface area is 152 Å². The van der Waals surface area contributed by atoms with E-state index in [1.807, 2.05) is 43.0 Å². The van der Waals surface area contributed by atoms with Crippen molar-refractivity contribution in [3.8, 4) is 11.5 Å². The zero-order valence-corrected chi connectivity index (χ0v) is 15.8. The van der Waals surface area contributed by atoms with Gasteiger partial charge in [-0.1, -0.05) is 36.9 Å². The molecule has 7 heteroatoms. The van der Waals surface area contributed by atoms with E-state index in [2.05, 4.69) is 22.0 Å². The van der Waals surface area contributed by atoms with Gasteiger partial charge in [-0.25, -0.2) is 0 Å². The van der Waals surface area contributed by atoms with Crippen LogP contribution in [0.25, 0.3) is 11.5 Å². The van der Waals surface area contributed by atoms with Crippen molar-refractivity contribution >= 4 is 17.7 Å². The van der Waals surface area contributed by atoms with Gasteiger partial charge in [0.1, 0.15) is 0 Å². The number of carbonyl (C=O) groups is 1. The first-order chi connectivity index (χ1) is 12.1. The second-order valence-electron chi connectivity index (χ2n) is 6.21. The molecular weight excluding hydrogens is 336 g/mol. The summed E-state index contributed by atoms with van der Waals surface area (Å²) in [5, 5.41) is 8.42. The van der Waals surface area contributed by atoms with E-state index in [0.29, 0.717) is 11.1 Å². The van der Waals surface area contributed by atoms with E-state index in [9.17, 15) is 4.79 Å². The lowest BCUT2D eigenvalue weighted by Gasteiger charge is -2.35. The average molecular weight is 360 g/mol. The highest BCUT2D eigenvalue weighted by Gasteiger charge is 2.26. The molecule has 1 saturated heterocycles. The number of aromatic nitrogens is 2. The molecule has 1 aliphatic rings. The molecule has 1 amide bonds. The lowest BCUT2D eigenvalue weighted by Crippen LogP contribution is -2.50. The number of nitrogens with zero attached hydrogens (tertiary/aromatic N) is 4. The molecule has 1 aromatic heterocycles. The smallest absolute Gasteiger partial charge is 0.277 e. The van der Waals surface area contributed by atoms with Crippen LogP contribution in [0.3, 0.4) is 0 Å². The average Bonchev–Trinajstić information content (AvgIpc) is 3.09. The third-order valence-corrected chi connectivity index (χ3v) is 5.46. The highest BCUT2D eigenvalue weighted by atomic mass is 32.2. The Morgan fingerprint density at radius 2 is 1.96 bits per heavy atom. The van der Waals surface area contributed by atoms with E-state index in [1.54, 1.807) is 0 Å². The van der Waals surface area contributed by atoms with Crippen LogP contribution in [0.15, 0.2) is 33.9 Å². The molecular formula is C18H24N4O2S. The molecule has 0 bridgehead atoms. The molecule has 1 atom stereocenters. The van der Waals surface area contributed by atoms with Crippen LogP contribution >= 0.6 is 11.8 Å². The molecule has 0 saturated carbocycles. The van der Waals surface area contributed by atoms with Crippen molar-refractivity contribution in [1.82, 2.24) is 20.0 Å². The second-order valence-corrected chi connectivity index (χ2v) is 7.50. The quantitative estimate of drug-likeness (QED) is 0.764. The van der Waals surface area contributed by atoms with Gasteiger partial charge in [0.25, 0.3) is 5.22 Å². The molecule has 3 rings (SSSR count). The number of piperazine rings is 1. The van der Waals surface area contributed by atoms with Crippen molar-refractivity contribution in [3.05, 3.63) is 29.8 Å². The Morgan fingerprint density at radius 1 is 1.24 bits per heavy atom. The van der Waals surface area contributed by atoms with E-state index in [-0.39, 0.29) is 11.2 Å².